The summed E-state index contributed by atoms with van der Waals surface area (Å²) >= 11 is 0. The van der Waals surface area contributed by atoms with Crippen LogP contribution in [0, 0.1) is 0 Å². The highest BCUT2D eigenvalue weighted by Gasteiger charge is 2.36. The molecule has 2 heteroatoms. The van der Waals surface area contributed by atoms with E-state index < -0.39 is 0 Å². The molecule has 0 unspecified atom stereocenters. The number of aryl methyl sites for hydroxylation is 1. The van der Waals surface area contributed by atoms with Crippen LogP contribution in [0.15, 0.2) is 54.6 Å². The number of nitrogens with zero attached hydrogens (tertiary/aromatic N) is 1. The predicted molar refractivity (Wildman–Crippen MR) is 88.2 cm³/mol. The second kappa shape index (κ2) is 6.00. The summed E-state index contributed by atoms with van der Waals surface area (Å²) in [6, 6.07) is 19.5. The molecule has 0 heterocycles. The summed E-state index contributed by atoms with van der Waals surface area (Å²) in [6.07, 6.45) is 3.33. The molecule has 0 spiro atoms. The van der Waals surface area contributed by atoms with E-state index in [1.165, 1.54) is 16.7 Å². The maximum absolute atomic E-state index is 6.21. The quantitative estimate of drug-likeness (QED) is 0.933. The Morgan fingerprint density at radius 1 is 1.00 bits per heavy atom. The third-order valence-electron chi connectivity index (χ3n) is 4.95. The van der Waals surface area contributed by atoms with Crippen LogP contribution in [0.4, 0.5) is 0 Å². The molecule has 0 aromatic heterocycles. The van der Waals surface area contributed by atoms with Gasteiger partial charge < -0.3 is 5.73 Å². The Bertz CT molecular complexity index is 594. The highest BCUT2D eigenvalue weighted by Crippen LogP contribution is 2.32. The molecule has 0 fully saturated rings. The molecule has 0 radical (unpaired) electrons. The van der Waals surface area contributed by atoms with Gasteiger partial charge in [-0.05, 0) is 43.0 Å². The average molecular weight is 280 g/mol. The van der Waals surface area contributed by atoms with Crippen molar-refractivity contribution in [1.82, 2.24) is 4.90 Å². The van der Waals surface area contributed by atoms with Gasteiger partial charge in [0.15, 0.2) is 0 Å². The van der Waals surface area contributed by atoms with Gasteiger partial charge in [0.1, 0.15) is 0 Å². The summed E-state index contributed by atoms with van der Waals surface area (Å²) in [7, 11) is 2.22. The van der Waals surface area contributed by atoms with E-state index >= 15 is 0 Å². The number of hydrogen-bond acceptors (Lipinski definition) is 2. The van der Waals surface area contributed by atoms with Crippen LogP contribution in [0.2, 0.25) is 0 Å². The largest absolute Gasteiger partial charge is 0.329 e. The van der Waals surface area contributed by atoms with E-state index in [0.29, 0.717) is 6.54 Å². The zero-order valence-corrected chi connectivity index (χ0v) is 12.8. The first-order chi connectivity index (χ1) is 10.2. The molecule has 0 aliphatic heterocycles. The lowest BCUT2D eigenvalue weighted by Crippen LogP contribution is -2.55. The van der Waals surface area contributed by atoms with Crippen molar-refractivity contribution in [3.63, 3.8) is 0 Å². The SMILES string of the molecule is CN(Cc1ccccc1)[C@]1(CN)CCc2ccccc2C1. The fraction of sp³-hybridized carbons (Fsp3) is 0.368. The molecular formula is C19H24N2. The van der Waals surface area contributed by atoms with Gasteiger partial charge >= 0.3 is 0 Å². The van der Waals surface area contributed by atoms with Crippen molar-refractivity contribution in [3.8, 4) is 0 Å². The molecule has 1 aliphatic carbocycles. The highest BCUT2D eigenvalue weighted by molar-refractivity contribution is 5.32. The van der Waals surface area contributed by atoms with Crippen molar-refractivity contribution >= 4 is 0 Å². The first kappa shape index (κ1) is 14.3. The fourth-order valence-electron chi connectivity index (χ4n) is 3.46. The Kier molecular flexibility index (Phi) is 4.09. The molecule has 2 N–H and O–H groups in total. The summed E-state index contributed by atoms with van der Waals surface area (Å²) in [4.78, 5) is 2.46. The van der Waals surface area contributed by atoms with Crippen molar-refractivity contribution in [2.75, 3.05) is 13.6 Å². The second-order valence-corrected chi connectivity index (χ2v) is 6.22. The standard InChI is InChI=1S/C19H24N2/c1-21(14-16-7-3-2-4-8-16)19(15-20)12-11-17-9-5-6-10-18(17)13-19/h2-10H,11-15,20H2,1H3/t19-/m1/s1. The minimum absolute atomic E-state index is 0.0875. The van der Waals surface area contributed by atoms with Gasteiger partial charge in [-0.3, -0.25) is 4.90 Å². The Morgan fingerprint density at radius 2 is 1.67 bits per heavy atom. The van der Waals surface area contributed by atoms with Gasteiger partial charge in [-0.1, -0.05) is 54.6 Å². The Labute approximate surface area is 127 Å². The number of likely N-dealkylation sites (N-methyl/N-ethyl adjacent to an activating group) is 1. The minimum atomic E-state index is 0.0875. The Hall–Kier alpha value is -1.64. The van der Waals surface area contributed by atoms with E-state index in [1.807, 2.05) is 0 Å². The van der Waals surface area contributed by atoms with Crippen LogP contribution in [-0.2, 0) is 19.4 Å². The molecule has 2 aromatic carbocycles. The van der Waals surface area contributed by atoms with Crippen molar-refractivity contribution in [2.45, 2.75) is 31.3 Å². The summed E-state index contributed by atoms with van der Waals surface area (Å²) in [5.41, 5.74) is 10.6. The molecule has 1 atom stereocenters. The maximum atomic E-state index is 6.21. The minimum Gasteiger partial charge on any atom is -0.329 e. The molecule has 0 saturated heterocycles. The number of nitrogens with two attached hydrogens (primary N) is 1. The normalized spacial score (nSPS) is 21.3. The van der Waals surface area contributed by atoms with Crippen LogP contribution in [0.3, 0.4) is 0 Å². The third kappa shape index (κ3) is 2.87. The van der Waals surface area contributed by atoms with Gasteiger partial charge in [0.2, 0.25) is 0 Å². The number of rotatable bonds is 4. The number of hydrogen-bond donors (Lipinski definition) is 1. The number of benzene rings is 2. The van der Waals surface area contributed by atoms with E-state index in [0.717, 1.165) is 25.8 Å². The second-order valence-electron chi connectivity index (χ2n) is 6.22. The zero-order chi connectivity index (χ0) is 14.7. The van der Waals surface area contributed by atoms with Crippen LogP contribution >= 0.6 is 0 Å². The highest BCUT2D eigenvalue weighted by atomic mass is 15.2. The van der Waals surface area contributed by atoms with Crippen LogP contribution in [0.5, 0.6) is 0 Å². The summed E-state index contributed by atoms with van der Waals surface area (Å²) in [6.45, 7) is 1.67. The monoisotopic (exact) mass is 280 g/mol. The Morgan fingerprint density at radius 3 is 2.38 bits per heavy atom. The molecule has 3 rings (SSSR count). The first-order valence-corrected chi connectivity index (χ1v) is 7.75. The first-order valence-electron chi connectivity index (χ1n) is 7.75. The topological polar surface area (TPSA) is 29.3 Å². The maximum Gasteiger partial charge on any atom is 0.0375 e. The molecular weight excluding hydrogens is 256 g/mol. The van der Waals surface area contributed by atoms with E-state index in [1.54, 1.807) is 0 Å². The zero-order valence-electron chi connectivity index (χ0n) is 12.8. The van der Waals surface area contributed by atoms with Crippen LogP contribution in [0.1, 0.15) is 23.1 Å². The van der Waals surface area contributed by atoms with Gasteiger partial charge in [-0.15, -0.1) is 0 Å². The van der Waals surface area contributed by atoms with Gasteiger partial charge in [0.05, 0.1) is 0 Å². The lowest BCUT2D eigenvalue weighted by Gasteiger charge is -2.44. The van der Waals surface area contributed by atoms with Crippen molar-refractivity contribution in [1.29, 1.82) is 0 Å². The average Bonchev–Trinajstić information content (AvgIpc) is 2.55. The van der Waals surface area contributed by atoms with E-state index in [4.69, 9.17) is 5.73 Å². The third-order valence-corrected chi connectivity index (χ3v) is 4.95. The van der Waals surface area contributed by atoms with Crippen molar-refractivity contribution in [2.24, 2.45) is 5.73 Å². The molecule has 0 amide bonds. The number of fused-ring (bicyclic) bond motifs is 1. The van der Waals surface area contributed by atoms with Crippen LogP contribution in [-0.4, -0.2) is 24.0 Å². The summed E-state index contributed by atoms with van der Waals surface area (Å²) in [5, 5.41) is 0. The summed E-state index contributed by atoms with van der Waals surface area (Å²) < 4.78 is 0. The van der Waals surface area contributed by atoms with Crippen molar-refractivity contribution < 1.29 is 0 Å². The van der Waals surface area contributed by atoms with Gasteiger partial charge in [-0.25, -0.2) is 0 Å². The van der Waals surface area contributed by atoms with Gasteiger partial charge in [0, 0.05) is 18.6 Å². The van der Waals surface area contributed by atoms with E-state index in [9.17, 15) is 0 Å². The lowest BCUT2D eigenvalue weighted by atomic mass is 9.77. The van der Waals surface area contributed by atoms with E-state index in [2.05, 4.69) is 66.5 Å². The van der Waals surface area contributed by atoms with Gasteiger partial charge in [0.25, 0.3) is 0 Å². The lowest BCUT2D eigenvalue weighted by molar-refractivity contribution is 0.101. The van der Waals surface area contributed by atoms with Crippen molar-refractivity contribution in [3.05, 3.63) is 71.3 Å². The van der Waals surface area contributed by atoms with Crippen LogP contribution in [0.25, 0.3) is 0 Å². The smallest absolute Gasteiger partial charge is 0.0375 e. The molecule has 21 heavy (non-hydrogen) atoms. The molecule has 2 nitrogen and oxygen atoms in total. The van der Waals surface area contributed by atoms with Gasteiger partial charge in [-0.2, -0.15) is 0 Å². The van der Waals surface area contributed by atoms with E-state index in [-0.39, 0.29) is 5.54 Å². The fourth-order valence-corrected chi connectivity index (χ4v) is 3.46. The molecule has 110 valence electrons. The molecule has 0 saturated carbocycles. The molecule has 0 bridgehead atoms. The van der Waals surface area contributed by atoms with Crippen LogP contribution < -0.4 is 5.73 Å². The molecule has 2 aromatic rings. The molecule has 1 aliphatic rings. The summed E-state index contributed by atoms with van der Waals surface area (Å²) in [5.74, 6) is 0. The predicted octanol–water partition coefficient (Wildman–Crippen LogP) is 3.00. The Balaban J connectivity index is 1.81.